The van der Waals surface area contributed by atoms with Crippen molar-refractivity contribution in [3.05, 3.63) is 0 Å². The van der Waals surface area contributed by atoms with Crippen LogP contribution in [0.3, 0.4) is 0 Å². The van der Waals surface area contributed by atoms with E-state index in [1.807, 2.05) is 20.8 Å². The van der Waals surface area contributed by atoms with Gasteiger partial charge in [-0.1, -0.05) is 13.8 Å². The summed E-state index contributed by atoms with van der Waals surface area (Å²) in [7, 11) is 0. The van der Waals surface area contributed by atoms with E-state index in [-0.39, 0.29) is 11.3 Å². The molecule has 0 aromatic carbocycles. The Morgan fingerprint density at radius 1 is 1.56 bits per heavy atom. The Bertz CT molecular complexity index is 261. The number of likely N-dealkylation sites (tertiary alicyclic amines) is 1. The number of hydrogen-bond donors (Lipinski definition) is 3. The van der Waals surface area contributed by atoms with E-state index in [1.165, 1.54) is 0 Å². The molecule has 1 atom stereocenters. The molecule has 1 rings (SSSR count). The van der Waals surface area contributed by atoms with E-state index in [1.54, 1.807) is 0 Å². The number of nitrogens with two attached hydrogens (primary N) is 1. The molecule has 1 fully saturated rings. The first kappa shape index (κ1) is 13.5. The van der Waals surface area contributed by atoms with E-state index in [4.69, 9.17) is 11.1 Å². The van der Waals surface area contributed by atoms with E-state index >= 15 is 0 Å². The van der Waals surface area contributed by atoms with Crippen LogP contribution in [0.5, 0.6) is 0 Å². The molecule has 1 saturated heterocycles. The highest BCUT2D eigenvalue weighted by Gasteiger charge is 2.31. The van der Waals surface area contributed by atoms with Crippen LogP contribution in [0.15, 0.2) is 0 Å². The van der Waals surface area contributed by atoms with Gasteiger partial charge in [0.05, 0.1) is 11.4 Å². The van der Waals surface area contributed by atoms with Gasteiger partial charge in [-0.3, -0.25) is 5.41 Å². The third-order valence-electron chi connectivity index (χ3n) is 3.54. The van der Waals surface area contributed by atoms with Gasteiger partial charge in [-0.25, -0.2) is 0 Å². The van der Waals surface area contributed by atoms with Crippen molar-refractivity contribution in [2.24, 2.45) is 11.1 Å². The van der Waals surface area contributed by atoms with Crippen molar-refractivity contribution in [2.75, 3.05) is 19.6 Å². The first-order chi connectivity index (χ1) is 7.23. The fourth-order valence-electron chi connectivity index (χ4n) is 2.11. The molecule has 4 nitrogen and oxygen atoms in total. The summed E-state index contributed by atoms with van der Waals surface area (Å²) in [5, 5.41) is 17.3. The van der Waals surface area contributed by atoms with E-state index in [2.05, 4.69) is 4.90 Å². The Labute approximate surface area is 98.3 Å². The van der Waals surface area contributed by atoms with Crippen LogP contribution in [0.2, 0.25) is 0 Å². The van der Waals surface area contributed by atoms with Gasteiger partial charge in [-0.15, -0.1) is 0 Å². The zero-order valence-corrected chi connectivity index (χ0v) is 10.7. The quantitative estimate of drug-likeness (QED) is 0.488. The number of aliphatic hydroxyl groups is 1. The van der Waals surface area contributed by atoms with Crippen LogP contribution < -0.4 is 5.73 Å². The number of hydrogen-bond acceptors (Lipinski definition) is 3. The van der Waals surface area contributed by atoms with Crippen LogP contribution in [0.4, 0.5) is 0 Å². The average Bonchev–Trinajstić information content (AvgIpc) is 2.45. The molecule has 0 amide bonds. The Morgan fingerprint density at radius 3 is 2.62 bits per heavy atom. The first-order valence-corrected chi connectivity index (χ1v) is 6.02. The molecule has 0 aromatic heterocycles. The van der Waals surface area contributed by atoms with Crippen molar-refractivity contribution in [3.8, 4) is 0 Å². The number of rotatable bonds is 5. The van der Waals surface area contributed by atoms with Gasteiger partial charge in [0.25, 0.3) is 0 Å². The molecule has 16 heavy (non-hydrogen) atoms. The Kier molecular flexibility index (Phi) is 3.97. The van der Waals surface area contributed by atoms with Crippen LogP contribution in [0.1, 0.15) is 40.0 Å². The molecule has 1 aliphatic heterocycles. The lowest BCUT2D eigenvalue weighted by Crippen LogP contribution is -2.33. The van der Waals surface area contributed by atoms with E-state index < -0.39 is 5.60 Å². The number of nitrogens with one attached hydrogen (secondary N) is 1. The number of amidine groups is 1. The second-order valence-corrected chi connectivity index (χ2v) is 5.92. The van der Waals surface area contributed by atoms with Gasteiger partial charge in [0.15, 0.2) is 0 Å². The van der Waals surface area contributed by atoms with Crippen LogP contribution in [0, 0.1) is 10.8 Å². The minimum Gasteiger partial charge on any atom is -0.389 e. The third kappa shape index (κ3) is 3.76. The molecule has 94 valence electrons. The van der Waals surface area contributed by atoms with Crippen molar-refractivity contribution in [1.29, 1.82) is 5.41 Å². The molecule has 0 spiro atoms. The summed E-state index contributed by atoms with van der Waals surface area (Å²) in [6, 6.07) is 0. The SMILES string of the molecule is CC1(O)CCN(CCCC(C)(C)C(=N)N)C1. The molecular weight excluding hydrogens is 202 g/mol. The molecule has 0 radical (unpaired) electrons. The maximum absolute atomic E-state index is 9.82. The average molecular weight is 227 g/mol. The smallest absolute Gasteiger partial charge is 0.0963 e. The third-order valence-corrected chi connectivity index (χ3v) is 3.54. The monoisotopic (exact) mass is 227 g/mol. The lowest BCUT2D eigenvalue weighted by molar-refractivity contribution is 0.0684. The summed E-state index contributed by atoms with van der Waals surface area (Å²) in [5.41, 5.74) is 4.84. The largest absolute Gasteiger partial charge is 0.389 e. The molecule has 4 heteroatoms. The van der Waals surface area contributed by atoms with Gasteiger partial charge < -0.3 is 15.7 Å². The zero-order chi connectivity index (χ0) is 12.4. The van der Waals surface area contributed by atoms with Gasteiger partial charge in [0.1, 0.15) is 0 Å². The van der Waals surface area contributed by atoms with Gasteiger partial charge in [0.2, 0.25) is 0 Å². The van der Waals surface area contributed by atoms with Crippen molar-refractivity contribution in [3.63, 3.8) is 0 Å². The Morgan fingerprint density at radius 2 is 2.19 bits per heavy atom. The first-order valence-electron chi connectivity index (χ1n) is 6.02. The topological polar surface area (TPSA) is 73.3 Å². The molecule has 1 aliphatic rings. The van der Waals surface area contributed by atoms with Crippen LogP contribution in [0.25, 0.3) is 0 Å². The fourth-order valence-corrected chi connectivity index (χ4v) is 2.11. The fraction of sp³-hybridized carbons (Fsp3) is 0.917. The highest BCUT2D eigenvalue weighted by molar-refractivity contribution is 5.82. The molecule has 0 bridgehead atoms. The molecule has 1 heterocycles. The summed E-state index contributed by atoms with van der Waals surface area (Å²) >= 11 is 0. The molecule has 0 aliphatic carbocycles. The summed E-state index contributed by atoms with van der Waals surface area (Å²) in [5.74, 6) is 0.265. The Hall–Kier alpha value is -0.610. The summed E-state index contributed by atoms with van der Waals surface area (Å²) in [6.45, 7) is 8.66. The Balaban J connectivity index is 2.25. The summed E-state index contributed by atoms with van der Waals surface area (Å²) in [4.78, 5) is 2.29. The molecule has 0 aromatic rings. The van der Waals surface area contributed by atoms with Gasteiger partial charge in [-0.2, -0.15) is 0 Å². The van der Waals surface area contributed by atoms with E-state index in [9.17, 15) is 5.11 Å². The normalized spacial score (nSPS) is 27.2. The second kappa shape index (κ2) is 4.72. The van der Waals surface area contributed by atoms with Gasteiger partial charge in [0, 0.05) is 18.5 Å². The predicted octanol–water partition coefficient (Wildman–Crippen LogP) is 1.19. The number of nitrogens with zero attached hydrogens (tertiary/aromatic N) is 1. The summed E-state index contributed by atoms with van der Waals surface area (Å²) < 4.78 is 0. The minimum atomic E-state index is -0.504. The molecule has 1 unspecified atom stereocenters. The zero-order valence-electron chi connectivity index (χ0n) is 10.7. The highest BCUT2D eigenvalue weighted by Crippen LogP contribution is 2.24. The van der Waals surface area contributed by atoms with Crippen LogP contribution in [-0.4, -0.2) is 41.1 Å². The van der Waals surface area contributed by atoms with E-state index in [0.717, 1.165) is 38.9 Å². The molecule has 4 N–H and O–H groups in total. The van der Waals surface area contributed by atoms with Crippen molar-refractivity contribution in [2.45, 2.75) is 45.6 Å². The number of β-amino-alcohol motifs (C(OH)–C–C–N with tert-alkyl or cyclic N) is 1. The van der Waals surface area contributed by atoms with Gasteiger partial charge >= 0.3 is 0 Å². The second-order valence-electron chi connectivity index (χ2n) is 5.92. The summed E-state index contributed by atoms with van der Waals surface area (Å²) in [6.07, 6.45) is 2.83. The molecule has 0 saturated carbocycles. The van der Waals surface area contributed by atoms with Crippen LogP contribution >= 0.6 is 0 Å². The standard InChI is InChI=1S/C12H25N3O/c1-11(2,10(13)14)5-4-7-15-8-6-12(3,16)9-15/h16H,4-9H2,1-3H3,(H3,13,14). The van der Waals surface area contributed by atoms with Crippen molar-refractivity contribution < 1.29 is 5.11 Å². The highest BCUT2D eigenvalue weighted by atomic mass is 16.3. The minimum absolute atomic E-state index is 0.192. The van der Waals surface area contributed by atoms with Crippen molar-refractivity contribution >= 4 is 5.84 Å². The van der Waals surface area contributed by atoms with Crippen molar-refractivity contribution in [1.82, 2.24) is 4.90 Å². The van der Waals surface area contributed by atoms with Gasteiger partial charge in [-0.05, 0) is 32.7 Å². The lowest BCUT2D eigenvalue weighted by Gasteiger charge is -2.24. The predicted molar refractivity (Wildman–Crippen MR) is 66.6 cm³/mol. The maximum atomic E-state index is 9.82. The lowest BCUT2D eigenvalue weighted by atomic mass is 9.86. The maximum Gasteiger partial charge on any atom is 0.0963 e. The molecular formula is C12H25N3O. The van der Waals surface area contributed by atoms with Crippen LogP contribution in [-0.2, 0) is 0 Å². The van der Waals surface area contributed by atoms with E-state index in [0.29, 0.717) is 0 Å².